The van der Waals surface area contributed by atoms with Crippen molar-refractivity contribution >= 4 is 23.3 Å². The minimum Gasteiger partial charge on any atom is -0.493 e. The van der Waals surface area contributed by atoms with E-state index >= 15 is 0 Å². The Morgan fingerprint density at radius 3 is 2.50 bits per heavy atom. The van der Waals surface area contributed by atoms with Gasteiger partial charge >= 0.3 is 5.97 Å². The zero-order chi connectivity index (χ0) is 22.4. The van der Waals surface area contributed by atoms with E-state index in [9.17, 15) is 24.1 Å². The standard InChI is InChI=1S/C20H21FN2O7/c1-5-29-18-10-16(23(26)27)14(9-17(18)28-4)20(25)30-12(3)19(24)22-13-7-6-11(2)15(21)8-13/h6-10,12H,5H2,1-4H3,(H,22,24)/t12-/m0/s1. The van der Waals surface area contributed by atoms with Crippen LogP contribution in [0.5, 0.6) is 11.5 Å². The second-order valence-electron chi connectivity index (χ2n) is 6.21. The fourth-order valence-electron chi connectivity index (χ4n) is 2.48. The van der Waals surface area contributed by atoms with Gasteiger partial charge in [0.1, 0.15) is 11.4 Å². The van der Waals surface area contributed by atoms with Gasteiger partial charge in [-0.3, -0.25) is 14.9 Å². The third-order valence-corrected chi connectivity index (χ3v) is 4.09. The molecule has 0 aromatic heterocycles. The van der Waals surface area contributed by atoms with Crippen LogP contribution in [0.25, 0.3) is 0 Å². The predicted octanol–water partition coefficient (Wildman–Crippen LogP) is 3.63. The number of halogens is 1. The zero-order valence-electron chi connectivity index (χ0n) is 16.9. The Bertz CT molecular complexity index is 978. The monoisotopic (exact) mass is 420 g/mol. The third kappa shape index (κ3) is 5.22. The van der Waals surface area contributed by atoms with Crippen LogP contribution in [0.3, 0.4) is 0 Å². The van der Waals surface area contributed by atoms with Gasteiger partial charge in [-0.25, -0.2) is 9.18 Å². The quantitative estimate of drug-likeness (QED) is 0.394. The number of amides is 1. The van der Waals surface area contributed by atoms with Crippen molar-refractivity contribution in [3.63, 3.8) is 0 Å². The molecule has 0 aliphatic heterocycles. The molecule has 0 aliphatic rings. The number of ether oxygens (including phenoxy) is 3. The number of nitrogens with zero attached hydrogens (tertiary/aromatic N) is 1. The molecule has 30 heavy (non-hydrogen) atoms. The Morgan fingerprint density at radius 2 is 1.93 bits per heavy atom. The van der Waals surface area contributed by atoms with Crippen LogP contribution in [0.15, 0.2) is 30.3 Å². The molecule has 160 valence electrons. The number of methoxy groups -OCH3 is 1. The first kappa shape index (κ1) is 22.6. The number of nitro benzene ring substituents is 1. The van der Waals surface area contributed by atoms with Gasteiger partial charge in [0.15, 0.2) is 17.6 Å². The maximum Gasteiger partial charge on any atom is 0.346 e. The summed E-state index contributed by atoms with van der Waals surface area (Å²) in [6.45, 7) is 4.78. The Morgan fingerprint density at radius 1 is 1.23 bits per heavy atom. The summed E-state index contributed by atoms with van der Waals surface area (Å²) in [7, 11) is 1.32. The van der Waals surface area contributed by atoms with Crippen molar-refractivity contribution in [1.82, 2.24) is 0 Å². The minimum atomic E-state index is -1.31. The maximum atomic E-state index is 13.6. The Hall–Kier alpha value is -3.69. The fraction of sp³-hybridized carbons (Fsp3) is 0.300. The highest BCUT2D eigenvalue weighted by atomic mass is 19.1. The molecule has 0 radical (unpaired) electrons. The molecule has 0 saturated carbocycles. The normalized spacial score (nSPS) is 11.4. The lowest BCUT2D eigenvalue weighted by molar-refractivity contribution is -0.385. The summed E-state index contributed by atoms with van der Waals surface area (Å²) in [4.78, 5) is 35.4. The first-order chi connectivity index (χ1) is 14.2. The molecule has 2 aromatic rings. The van der Waals surface area contributed by atoms with E-state index in [1.165, 1.54) is 26.2 Å². The molecule has 0 spiro atoms. The van der Waals surface area contributed by atoms with Crippen LogP contribution in [-0.4, -0.2) is 36.6 Å². The molecule has 1 amide bonds. The van der Waals surface area contributed by atoms with Gasteiger partial charge in [-0.15, -0.1) is 0 Å². The minimum absolute atomic E-state index is 0.0930. The van der Waals surface area contributed by atoms with E-state index in [1.807, 2.05) is 0 Å². The van der Waals surface area contributed by atoms with Gasteiger partial charge in [0.25, 0.3) is 11.6 Å². The number of rotatable bonds is 8. The fourth-order valence-corrected chi connectivity index (χ4v) is 2.48. The highest BCUT2D eigenvalue weighted by Gasteiger charge is 2.28. The molecular weight excluding hydrogens is 399 g/mol. The molecule has 2 aromatic carbocycles. The molecule has 0 bridgehead atoms. The summed E-state index contributed by atoms with van der Waals surface area (Å²) in [5.41, 5.74) is -0.372. The molecule has 0 unspecified atom stereocenters. The Balaban J connectivity index is 2.21. The summed E-state index contributed by atoms with van der Waals surface area (Å²) in [5, 5.41) is 13.8. The van der Waals surface area contributed by atoms with Crippen LogP contribution >= 0.6 is 0 Å². The van der Waals surface area contributed by atoms with E-state index in [2.05, 4.69) is 5.32 Å². The SMILES string of the molecule is CCOc1cc([N+](=O)[O-])c(C(=O)O[C@@H](C)C(=O)Nc2ccc(C)c(F)c2)cc1OC. The highest BCUT2D eigenvalue weighted by molar-refractivity contribution is 5.99. The van der Waals surface area contributed by atoms with Crippen LogP contribution in [0.4, 0.5) is 15.8 Å². The highest BCUT2D eigenvalue weighted by Crippen LogP contribution is 2.35. The van der Waals surface area contributed by atoms with Crippen molar-refractivity contribution in [2.75, 3.05) is 19.0 Å². The van der Waals surface area contributed by atoms with Crippen molar-refractivity contribution in [2.24, 2.45) is 0 Å². The predicted molar refractivity (Wildman–Crippen MR) is 105 cm³/mol. The van der Waals surface area contributed by atoms with E-state index in [1.54, 1.807) is 13.8 Å². The van der Waals surface area contributed by atoms with E-state index in [4.69, 9.17) is 14.2 Å². The number of esters is 1. The van der Waals surface area contributed by atoms with Gasteiger partial charge in [-0.2, -0.15) is 0 Å². The first-order valence-corrected chi connectivity index (χ1v) is 8.95. The summed E-state index contributed by atoms with van der Waals surface area (Å²) in [6.07, 6.45) is -1.31. The van der Waals surface area contributed by atoms with Crippen LogP contribution in [0, 0.1) is 22.9 Å². The molecule has 10 heteroatoms. The molecule has 0 aliphatic carbocycles. The van der Waals surface area contributed by atoms with Crippen molar-refractivity contribution in [2.45, 2.75) is 26.9 Å². The number of nitrogens with one attached hydrogen (secondary N) is 1. The van der Waals surface area contributed by atoms with Gasteiger partial charge in [-0.1, -0.05) is 6.07 Å². The van der Waals surface area contributed by atoms with Gasteiger partial charge in [0, 0.05) is 11.8 Å². The summed E-state index contributed by atoms with van der Waals surface area (Å²) < 4.78 is 29.1. The number of anilines is 1. The summed E-state index contributed by atoms with van der Waals surface area (Å²) in [6, 6.07) is 6.28. The van der Waals surface area contributed by atoms with E-state index in [0.29, 0.717) is 5.56 Å². The molecule has 1 atom stereocenters. The number of carbonyl (C=O) groups excluding carboxylic acids is 2. The lowest BCUT2D eigenvalue weighted by Gasteiger charge is -2.15. The maximum absolute atomic E-state index is 13.6. The van der Waals surface area contributed by atoms with Crippen LogP contribution in [0.2, 0.25) is 0 Å². The van der Waals surface area contributed by atoms with Crippen molar-refractivity contribution in [3.05, 3.63) is 57.4 Å². The number of nitro groups is 1. The van der Waals surface area contributed by atoms with E-state index in [0.717, 1.165) is 18.2 Å². The second-order valence-corrected chi connectivity index (χ2v) is 6.21. The van der Waals surface area contributed by atoms with Gasteiger partial charge < -0.3 is 19.5 Å². The largest absolute Gasteiger partial charge is 0.493 e. The molecule has 0 fully saturated rings. The molecular formula is C20H21FN2O7. The number of carbonyl (C=O) groups is 2. The van der Waals surface area contributed by atoms with Crippen molar-refractivity contribution in [3.8, 4) is 11.5 Å². The number of benzene rings is 2. The third-order valence-electron chi connectivity index (χ3n) is 4.09. The molecule has 9 nitrogen and oxygen atoms in total. The van der Waals surface area contributed by atoms with Gasteiger partial charge in [-0.05, 0) is 38.5 Å². The van der Waals surface area contributed by atoms with Gasteiger partial charge in [0.05, 0.1) is 24.7 Å². The summed E-state index contributed by atoms with van der Waals surface area (Å²) >= 11 is 0. The molecule has 0 heterocycles. The summed E-state index contributed by atoms with van der Waals surface area (Å²) in [5.74, 6) is -2.14. The number of aryl methyl sites for hydroxylation is 1. The number of hydrogen-bond donors (Lipinski definition) is 1. The Kier molecular flexibility index (Phi) is 7.29. The zero-order valence-corrected chi connectivity index (χ0v) is 16.9. The lowest BCUT2D eigenvalue weighted by atomic mass is 10.1. The van der Waals surface area contributed by atoms with Crippen LogP contribution in [0.1, 0.15) is 29.8 Å². The van der Waals surface area contributed by atoms with Crippen LogP contribution < -0.4 is 14.8 Å². The van der Waals surface area contributed by atoms with Crippen LogP contribution in [-0.2, 0) is 9.53 Å². The topological polar surface area (TPSA) is 117 Å². The molecule has 2 rings (SSSR count). The molecule has 1 N–H and O–H groups in total. The average molecular weight is 420 g/mol. The van der Waals surface area contributed by atoms with Crippen molar-refractivity contribution < 1.29 is 33.1 Å². The van der Waals surface area contributed by atoms with E-state index in [-0.39, 0.29) is 23.8 Å². The van der Waals surface area contributed by atoms with Crippen molar-refractivity contribution in [1.29, 1.82) is 0 Å². The van der Waals surface area contributed by atoms with Gasteiger partial charge in [0.2, 0.25) is 0 Å². The second kappa shape index (κ2) is 9.68. The average Bonchev–Trinajstić information content (AvgIpc) is 2.70. The van der Waals surface area contributed by atoms with E-state index < -0.39 is 40.0 Å². The Labute approximate surface area is 171 Å². The lowest BCUT2D eigenvalue weighted by Crippen LogP contribution is -2.30. The first-order valence-electron chi connectivity index (χ1n) is 8.95. The smallest absolute Gasteiger partial charge is 0.346 e. The molecule has 0 saturated heterocycles. The number of hydrogen-bond acceptors (Lipinski definition) is 7.